The first-order valence-electron chi connectivity index (χ1n) is 3.93. The van der Waals surface area contributed by atoms with E-state index in [1.807, 2.05) is 0 Å². The van der Waals surface area contributed by atoms with Gasteiger partial charge in [-0.25, -0.2) is 9.78 Å². The number of hydrogen-bond donors (Lipinski definition) is 1. The van der Waals surface area contributed by atoms with E-state index >= 15 is 0 Å². The van der Waals surface area contributed by atoms with Crippen molar-refractivity contribution >= 4 is 28.5 Å². The summed E-state index contributed by atoms with van der Waals surface area (Å²) < 4.78 is 4.57. The Morgan fingerprint density at radius 2 is 2.36 bits per heavy atom. The van der Waals surface area contributed by atoms with E-state index in [-0.39, 0.29) is 0 Å². The van der Waals surface area contributed by atoms with Crippen molar-refractivity contribution < 1.29 is 9.53 Å². The molecule has 0 fully saturated rings. The molecule has 0 radical (unpaired) electrons. The zero-order valence-electron chi connectivity index (χ0n) is 7.37. The minimum absolute atomic E-state index is 0.385. The first-order chi connectivity index (χ1) is 6.70. The van der Waals surface area contributed by atoms with E-state index < -0.39 is 5.97 Å². The lowest BCUT2D eigenvalue weighted by Crippen LogP contribution is -2.00. The summed E-state index contributed by atoms with van der Waals surface area (Å²) >= 11 is 5.69. The summed E-state index contributed by atoms with van der Waals surface area (Å²) in [5.41, 5.74) is 1.16. The highest BCUT2D eigenvalue weighted by Crippen LogP contribution is 2.17. The Morgan fingerprint density at radius 1 is 1.57 bits per heavy atom. The number of rotatable bonds is 1. The minimum Gasteiger partial charge on any atom is -0.464 e. The van der Waals surface area contributed by atoms with Crippen LogP contribution < -0.4 is 0 Å². The predicted octanol–water partition coefficient (Wildman–Crippen LogP) is 2.00. The van der Waals surface area contributed by atoms with E-state index in [1.165, 1.54) is 7.11 Å². The van der Waals surface area contributed by atoms with E-state index in [0.717, 1.165) is 10.9 Å². The standard InChI is InChI=1S/C9H7ClN2O2/c1-14-9(13)7-2-5-4-11-8(10)3-6(5)12-7/h2-4,12H,1H3. The molecule has 2 aromatic heterocycles. The largest absolute Gasteiger partial charge is 0.464 e. The number of nitrogens with zero attached hydrogens (tertiary/aromatic N) is 1. The molecular formula is C9H7ClN2O2. The van der Waals surface area contributed by atoms with Crippen LogP contribution in [0.1, 0.15) is 10.5 Å². The fourth-order valence-corrected chi connectivity index (χ4v) is 1.38. The van der Waals surface area contributed by atoms with E-state index in [4.69, 9.17) is 11.6 Å². The summed E-state index contributed by atoms with van der Waals surface area (Å²) in [7, 11) is 1.33. The maximum atomic E-state index is 11.2. The van der Waals surface area contributed by atoms with Crippen molar-refractivity contribution in [2.75, 3.05) is 7.11 Å². The fraction of sp³-hybridized carbons (Fsp3) is 0.111. The van der Waals surface area contributed by atoms with Gasteiger partial charge in [-0.1, -0.05) is 11.6 Å². The van der Waals surface area contributed by atoms with Crippen LogP contribution in [0.4, 0.5) is 0 Å². The maximum absolute atomic E-state index is 11.2. The van der Waals surface area contributed by atoms with Gasteiger partial charge in [-0.2, -0.15) is 0 Å². The van der Waals surface area contributed by atoms with Gasteiger partial charge < -0.3 is 9.72 Å². The second-order valence-corrected chi connectivity index (χ2v) is 3.16. The highest BCUT2D eigenvalue weighted by atomic mass is 35.5. The van der Waals surface area contributed by atoms with Gasteiger partial charge in [0.1, 0.15) is 10.8 Å². The summed E-state index contributed by atoms with van der Waals surface area (Å²) in [6.07, 6.45) is 1.60. The number of nitrogens with one attached hydrogen (secondary N) is 1. The van der Waals surface area contributed by atoms with Crippen LogP contribution in [-0.4, -0.2) is 23.0 Å². The van der Waals surface area contributed by atoms with Gasteiger partial charge in [0.15, 0.2) is 0 Å². The summed E-state index contributed by atoms with van der Waals surface area (Å²) in [6, 6.07) is 3.33. The molecule has 72 valence electrons. The zero-order chi connectivity index (χ0) is 10.1. The van der Waals surface area contributed by atoms with Crippen LogP contribution in [0.3, 0.4) is 0 Å². The molecule has 0 spiro atoms. The van der Waals surface area contributed by atoms with Gasteiger partial charge in [-0.05, 0) is 12.1 Å². The number of H-pyrrole nitrogens is 1. The monoisotopic (exact) mass is 210 g/mol. The molecule has 0 saturated carbocycles. The number of carbonyl (C=O) groups is 1. The SMILES string of the molecule is COC(=O)c1cc2cnc(Cl)cc2[nH]1. The number of hydrogen-bond acceptors (Lipinski definition) is 3. The van der Waals surface area contributed by atoms with Crippen LogP contribution in [0.2, 0.25) is 5.15 Å². The number of aromatic nitrogens is 2. The van der Waals surface area contributed by atoms with Crippen molar-refractivity contribution in [2.24, 2.45) is 0 Å². The molecule has 2 rings (SSSR count). The van der Waals surface area contributed by atoms with E-state index in [1.54, 1.807) is 18.3 Å². The molecule has 1 N–H and O–H groups in total. The average Bonchev–Trinajstić information content (AvgIpc) is 2.59. The van der Waals surface area contributed by atoms with Crippen LogP contribution >= 0.6 is 11.6 Å². The van der Waals surface area contributed by atoms with Crippen LogP contribution in [-0.2, 0) is 4.74 Å². The molecule has 5 heteroatoms. The summed E-state index contributed by atoms with van der Waals surface area (Å²) in [5.74, 6) is -0.405. The molecule has 0 aliphatic heterocycles. The van der Waals surface area contributed by atoms with E-state index in [9.17, 15) is 4.79 Å². The van der Waals surface area contributed by atoms with E-state index in [0.29, 0.717) is 10.8 Å². The number of ether oxygens (including phenoxy) is 1. The van der Waals surface area contributed by atoms with Crippen LogP contribution in [0.5, 0.6) is 0 Å². The fourth-order valence-electron chi connectivity index (χ4n) is 1.22. The molecule has 2 aromatic rings. The molecule has 2 heterocycles. The highest BCUT2D eigenvalue weighted by molar-refractivity contribution is 6.30. The number of esters is 1. The molecule has 14 heavy (non-hydrogen) atoms. The Kier molecular flexibility index (Phi) is 2.13. The molecule has 4 nitrogen and oxygen atoms in total. The molecule has 0 aliphatic carbocycles. The first kappa shape index (κ1) is 9.02. The molecule has 0 saturated heterocycles. The lowest BCUT2D eigenvalue weighted by Gasteiger charge is -1.92. The van der Waals surface area contributed by atoms with Crippen molar-refractivity contribution in [1.82, 2.24) is 9.97 Å². The predicted molar refractivity (Wildman–Crippen MR) is 52.4 cm³/mol. The topological polar surface area (TPSA) is 55.0 Å². The summed E-state index contributed by atoms with van der Waals surface area (Å²) in [6.45, 7) is 0. The molecule has 0 bridgehead atoms. The Hall–Kier alpha value is -1.55. The Balaban J connectivity index is 2.56. The minimum atomic E-state index is -0.405. The van der Waals surface area contributed by atoms with Crippen LogP contribution in [0.25, 0.3) is 10.9 Å². The third-order valence-corrected chi connectivity index (χ3v) is 2.08. The van der Waals surface area contributed by atoms with Gasteiger partial charge in [0.05, 0.1) is 12.6 Å². The molecule has 0 amide bonds. The summed E-state index contributed by atoms with van der Waals surface area (Å²) in [4.78, 5) is 17.9. The quantitative estimate of drug-likeness (QED) is 0.579. The molecular weight excluding hydrogens is 204 g/mol. The number of aromatic amines is 1. The molecule has 0 atom stereocenters. The number of methoxy groups -OCH3 is 1. The number of fused-ring (bicyclic) bond motifs is 1. The maximum Gasteiger partial charge on any atom is 0.354 e. The second kappa shape index (κ2) is 3.31. The first-order valence-corrected chi connectivity index (χ1v) is 4.31. The smallest absolute Gasteiger partial charge is 0.354 e. The van der Waals surface area contributed by atoms with Crippen molar-refractivity contribution in [1.29, 1.82) is 0 Å². The molecule has 0 aliphatic rings. The Labute approximate surface area is 84.9 Å². The summed E-state index contributed by atoms with van der Waals surface area (Å²) in [5, 5.41) is 1.21. The van der Waals surface area contributed by atoms with Gasteiger partial charge in [0.2, 0.25) is 0 Å². The van der Waals surface area contributed by atoms with E-state index in [2.05, 4.69) is 14.7 Å². The zero-order valence-corrected chi connectivity index (χ0v) is 8.13. The average molecular weight is 211 g/mol. The normalized spacial score (nSPS) is 10.4. The second-order valence-electron chi connectivity index (χ2n) is 2.77. The van der Waals surface area contributed by atoms with Gasteiger partial charge in [-0.15, -0.1) is 0 Å². The molecule has 0 unspecified atom stereocenters. The van der Waals surface area contributed by atoms with Crippen molar-refractivity contribution in [3.05, 3.63) is 29.2 Å². The number of pyridine rings is 1. The third-order valence-electron chi connectivity index (χ3n) is 1.88. The van der Waals surface area contributed by atoms with Crippen molar-refractivity contribution in [2.45, 2.75) is 0 Å². The Bertz CT molecular complexity index is 493. The van der Waals surface area contributed by atoms with Crippen LogP contribution in [0, 0.1) is 0 Å². The third kappa shape index (κ3) is 1.44. The number of halogens is 1. The molecule has 0 aromatic carbocycles. The van der Waals surface area contributed by atoms with Gasteiger partial charge in [-0.3, -0.25) is 0 Å². The van der Waals surface area contributed by atoms with Crippen LogP contribution in [0.15, 0.2) is 18.3 Å². The van der Waals surface area contributed by atoms with Crippen molar-refractivity contribution in [3.8, 4) is 0 Å². The van der Waals surface area contributed by atoms with Gasteiger partial charge in [0, 0.05) is 11.6 Å². The number of carbonyl (C=O) groups excluding carboxylic acids is 1. The van der Waals surface area contributed by atoms with Gasteiger partial charge in [0.25, 0.3) is 0 Å². The Morgan fingerprint density at radius 3 is 3.07 bits per heavy atom. The van der Waals surface area contributed by atoms with Crippen molar-refractivity contribution in [3.63, 3.8) is 0 Å². The highest BCUT2D eigenvalue weighted by Gasteiger charge is 2.09. The lowest BCUT2D eigenvalue weighted by molar-refractivity contribution is 0.0595. The van der Waals surface area contributed by atoms with Gasteiger partial charge >= 0.3 is 5.97 Å². The lowest BCUT2D eigenvalue weighted by atomic mass is 10.3.